The molecule has 1 aliphatic rings. The quantitative estimate of drug-likeness (QED) is 0.220. The average Bonchev–Trinajstić information content (AvgIpc) is 3.19. The molecule has 1 aromatic heterocycles. The number of nitrogens with one attached hydrogen (secondary N) is 2. The van der Waals surface area contributed by atoms with E-state index in [1.54, 1.807) is 24.9 Å². The van der Waals surface area contributed by atoms with Gasteiger partial charge in [-0.1, -0.05) is 5.92 Å². The fourth-order valence-electron chi connectivity index (χ4n) is 4.49. The highest BCUT2D eigenvalue weighted by Gasteiger charge is 2.30. The molecule has 0 radical (unpaired) electrons. The zero-order valence-corrected chi connectivity index (χ0v) is 21.8. The van der Waals surface area contributed by atoms with Crippen molar-refractivity contribution in [2.24, 2.45) is 0 Å². The van der Waals surface area contributed by atoms with Crippen molar-refractivity contribution in [3.05, 3.63) is 47.9 Å². The maximum absolute atomic E-state index is 14.6. The van der Waals surface area contributed by atoms with Gasteiger partial charge >= 0.3 is 6.18 Å². The van der Waals surface area contributed by atoms with Gasteiger partial charge in [0.1, 0.15) is 18.1 Å². The van der Waals surface area contributed by atoms with Crippen molar-refractivity contribution < 1.29 is 22.3 Å². The smallest absolute Gasteiger partial charge is 0.406 e. The summed E-state index contributed by atoms with van der Waals surface area (Å²) in [5.74, 6) is 5.83. The Bertz CT molecular complexity index is 1300. The number of likely N-dealkylation sites (tertiary alicyclic amines) is 1. The van der Waals surface area contributed by atoms with Gasteiger partial charge < -0.3 is 24.8 Å². The second kappa shape index (κ2) is 11.6. The van der Waals surface area contributed by atoms with Gasteiger partial charge in [-0.3, -0.25) is 0 Å². The second-order valence-corrected chi connectivity index (χ2v) is 9.94. The highest BCUT2D eigenvalue weighted by molar-refractivity contribution is 7.98. The zero-order valence-electron chi connectivity index (χ0n) is 21.0. The molecule has 0 unspecified atom stereocenters. The number of anilines is 2. The van der Waals surface area contributed by atoms with Crippen molar-refractivity contribution >= 4 is 34.0 Å². The summed E-state index contributed by atoms with van der Waals surface area (Å²) in [6, 6.07) is 9.94. The van der Waals surface area contributed by atoms with Gasteiger partial charge in [0, 0.05) is 22.0 Å². The lowest BCUT2D eigenvalue weighted by Crippen LogP contribution is -2.36. The van der Waals surface area contributed by atoms with Crippen molar-refractivity contribution in [1.29, 1.82) is 0 Å². The summed E-state index contributed by atoms with van der Waals surface area (Å²) >= 11 is 1.59. The Hall–Kier alpha value is -3.03. The van der Waals surface area contributed by atoms with E-state index >= 15 is 0 Å². The van der Waals surface area contributed by atoms with E-state index in [0.29, 0.717) is 16.8 Å². The minimum absolute atomic E-state index is 0.123. The summed E-state index contributed by atoms with van der Waals surface area (Å²) in [4.78, 5) is 3.26. The maximum Gasteiger partial charge on any atom is 0.406 e. The number of nitrogens with zero attached hydrogens (tertiary/aromatic N) is 2. The van der Waals surface area contributed by atoms with E-state index in [9.17, 15) is 17.6 Å². The minimum Gasteiger partial charge on any atom is -0.495 e. The molecule has 3 aromatic rings. The first-order chi connectivity index (χ1) is 17.7. The van der Waals surface area contributed by atoms with Crippen LogP contribution in [0.4, 0.5) is 28.9 Å². The summed E-state index contributed by atoms with van der Waals surface area (Å²) in [6.45, 7) is 0.742. The largest absolute Gasteiger partial charge is 0.495 e. The normalized spacial score (nSPS) is 14.9. The van der Waals surface area contributed by atoms with Crippen LogP contribution in [-0.4, -0.2) is 61.7 Å². The number of fused-ring (bicyclic) bond motifs is 1. The van der Waals surface area contributed by atoms with Gasteiger partial charge in [-0.15, -0.1) is 11.8 Å². The standard InChI is InChI=1S/C27H30F4N4OS/c1-34-11-8-19(9-12-34)33-24-13-18(28)14-25-22(24)15-20(35(25)17-27(29,30)31)5-4-10-32-23-7-6-21(37-3)16-26(23)36-2/h6-7,13-16,19,32-33H,8-12,17H2,1-3H3. The number of hydrogen-bond acceptors (Lipinski definition) is 5. The molecule has 2 aromatic carbocycles. The van der Waals surface area contributed by atoms with Crippen LogP contribution in [0, 0.1) is 17.7 Å². The Morgan fingerprint density at radius 1 is 1.11 bits per heavy atom. The SMILES string of the molecule is COc1cc(SC)ccc1NCC#Cc1cc2c(NC3CCN(C)CC3)cc(F)cc2n1CC(F)(F)F. The molecular weight excluding hydrogens is 504 g/mol. The van der Waals surface area contributed by atoms with Crippen molar-refractivity contribution in [3.8, 4) is 17.6 Å². The van der Waals surface area contributed by atoms with Crippen LogP contribution in [0.15, 0.2) is 41.3 Å². The maximum atomic E-state index is 14.6. The summed E-state index contributed by atoms with van der Waals surface area (Å²) in [6.07, 6.45) is -0.774. The molecule has 5 nitrogen and oxygen atoms in total. The third-order valence-electron chi connectivity index (χ3n) is 6.39. The summed E-state index contributed by atoms with van der Waals surface area (Å²) in [7, 11) is 3.62. The van der Waals surface area contributed by atoms with Gasteiger partial charge in [-0.25, -0.2) is 4.39 Å². The number of halogens is 4. The first kappa shape index (κ1) is 27.0. The minimum atomic E-state index is -4.49. The number of aromatic nitrogens is 1. The molecule has 2 heterocycles. The Morgan fingerprint density at radius 3 is 2.54 bits per heavy atom. The highest BCUT2D eigenvalue weighted by Crippen LogP contribution is 2.33. The van der Waals surface area contributed by atoms with Gasteiger partial charge in [0.05, 0.1) is 30.6 Å². The number of rotatable bonds is 7. The first-order valence-corrected chi connectivity index (χ1v) is 13.2. The second-order valence-electron chi connectivity index (χ2n) is 9.06. The molecule has 0 amide bonds. The van der Waals surface area contributed by atoms with Gasteiger partial charge in [-0.05, 0) is 81.6 Å². The number of alkyl halides is 3. The van der Waals surface area contributed by atoms with Crippen LogP contribution < -0.4 is 15.4 Å². The number of benzene rings is 2. The summed E-state index contributed by atoms with van der Waals surface area (Å²) < 4.78 is 61.4. The number of ether oxygens (including phenoxy) is 1. The summed E-state index contributed by atoms with van der Waals surface area (Å²) in [5, 5.41) is 7.04. The van der Waals surface area contributed by atoms with E-state index in [4.69, 9.17) is 4.74 Å². The molecule has 1 fully saturated rings. The van der Waals surface area contributed by atoms with Crippen molar-refractivity contribution in [2.45, 2.75) is 36.5 Å². The van der Waals surface area contributed by atoms with Crippen LogP contribution in [0.5, 0.6) is 5.75 Å². The third kappa shape index (κ3) is 6.84. The molecule has 1 aliphatic heterocycles. The Morgan fingerprint density at radius 2 is 1.86 bits per heavy atom. The Kier molecular flexibility index (Phi) is 8.45. The molecule has 0 saturated carbocycles. The van der Waals surface area contributed by atoms with E-state index in [-0.39, 0.29) is 23.8 Å². The molecular formula is C27H30F4N4OS. The molecule has 37 heavy (non-hydrogen) atoms. The lowest BCUT2D eigenvalue weighted by atomic mass is 10.0. The molecule has 198 valence electrons. The van der Waals surface area contributed by atoms with E-state index in [0.717, 1.165) is 47.1 Å². The van der Waals surface area contributed by atoms with Gasteiger partial charge in [0.2, 0.25) is 0 Å². The molecule has 1 saturated heterocycles. The molecule has 10 heteroatoms. The lowest BCUT2D eigenvalue weighted by Gasteiger charge is -2.30. The average molecular weight is 535 g/mol. The van der Waals surface area contributed by atoms with Crippen molar-refractivity contribution in [2.75, 3.05) is 50.7 Å². The predicted molar refractivity (Wildman–Crippen MR) is 142 cm³/mol. The predicted octanol–water partition coefficient (Wildman–Crippen LogP) is 6.04. The molecule has 0 spiro atoms. The van der Waals surface area contributed by atoms with Gasteiger partial charge in [0.25, 0.3) is 0 Å². The number of piperidine rings is 1. The number of methoxy groups -OCH3 is 1. The fourth-order valence-corrected chi connectivity index (χ4v) is 4.92. The Balaban J connectivity index is 1.63. The molecule has 0 atom stereocenters. The third-order valence-corrected chi connectivity index (χ3v) is 7.12. The van der Waals surface area contributed by atoms with E-state index in [2.05, 4.69) is 27.4 Å². The van der Waals surface area contributed by atoms with Crippen LogP contribution in [0.3, 0.4) is 0 Å². The first-order valence-electron chi connectivity index (χ1n) is 12.0. The number of thioether (sulfide) groups is 1. The Labute approximate surface area is 218 Å². The van der Waals surface area contributed by atoms with Crippen molar-refractivity contribution in [3.63, 3.8) is 0 Å². The monoisotopic (exact) mass is 534 g/mol. The van der Waals surface area contributed by atoms with Crippen molar-refractivity contribution in [1.82, 2.24) is 9.47 Å². The van der Waals surface area contributed by atoms with Gasteiger partial charge in [0.15, 0.2) is 0 Å². The van der Waals surface area contributed by atoms with E-state index < -0.39 is 18.5 Å². The lowest BCUT2D eigenvalue weighted by molar-refractivity contribution is -0.140. The van der Waals surface area contributed by atoms with Crippen LogP contribution >= 0.6 is 11.8 Å². The summed E-state index contributed by atoms with van der Waals surface area (Å²) in [5.41, 5.74) is 1.57. The van der Waals surface area contributed by atoms with Crippen LogP contribution in [0.25, 0.3) is 10.9 Å². The molecule has 0 aliphatic carbocycles. The van der Waals surface area contributed by atoms with Crippen LogP contribution in [0.1, 0.15) is 18.5 Å². The number of hydrogen-bond donors (Lipinski definition) is 2. The zero-order chi connectivity index (χ0) is 26.6. The fraction of sp³-hybridized carbons (Fsp3) is 0.407. The molecule has 0 bridgehead atoms. The van der Waals surface area contributed by atoms with Gasteiger partial charge in [-0.2, -0.15) is 13.2 Å². The van der Waals surface area contributed by atoms with Crippen LogP contribution in [0.2, 0.25) is 0 Å². The van der Waals surface area contributed by atoms with Crippen LogP contribution in [-0.2, 0) is 6.54 Å². The van der Waals surface area contributed by atoms with E-state index in [1.165, 1.54) is 6.07 Å². The highest BCUT2D eigenvalue weighted by atomic mass is 32.2. The molecule has 4 rings (SSSR count). The van der Waals surface area contributed by atoms with E-state index in [1.807, 2.05) is 31.5 Å². The topological polar surface area (TPSA) is 41.5 Å². The molecule has 2 N–H and O–H groups in total.